The highest BCUT2D eigenvalue weighted by atomic mass is 35.5. The third-order valence-corrected chi connectivity index (χ3v) is 5.30. The zero-order valence-corrected chi connectivity index (χ0v) is 18.6. The van der Waals surface area contributed by atoms with Crippen molar-refractivity contribution >= 4 is 39.9 Å². The molecule has 0 saturated heterocycles. The second-order valence-corrected chi connectivity index (χ2v) is 7.80. The van der Waals surface area contributed by atoms with Gasteiger partial charge in [-0.3, -0.25) is 14.4 Å². The Hall–Kier alpha value is -3.90. The third-order valence-electron chi connectivity index (χ3n) is 5.07. The van der Waals surface area contributed by atoms with E-state index in [-0.39, 0.29) is 18.0 Å². The molecule has 1 heterocycles. The Bertz CT molecular complexity index is 1400. The summed E-state index contributed by atoms with van der Waals surface area (Å²) in [5.41, 5.74) is 1.04. The minimum absolute atomic E-state index is 0.0158. The molecular weight excluding hydrogens is 440 g/mol. The first kappa shape index (κ1) is 22.3. The number of carbonyl (C=O) groups is 2. The van der Waals surface area contributed by atoms with Crippen molar-refractivity contribution in [1.82, 2.24) is 4.57 Å². The number of amides is 1. The molecule has 0 atom stereocenters. The maximum absolute atomic E-state index is 13.3. The highest BCUT2D eigenvalue weighted by Crippen LogP contribution is 2.21. The van der Waals surface area contributed by atoms with Gasteiger partial charge in [-0.1, -0.05) is 48.0 Å². The van der Waals surface area contributed by atoms with Crippen LogP contribution >= 0.6 is 11.6 Å². The molecule has 6 nitrogen and oxygen atoms in total. The Labute approximate surface area is 195 Å². The number of ketones is 1. The first-order chi connectivity index (χ1) is 16.0. The van der Waals surface area contributed by atoms with Gasteiger partial charge in [0.2, 0.25) is 11.3 Å². The van der Waals surface area contributed by atoms with Gasteiger partial charge >= 0.3 is 0 Å². The van der Waals surface area contributed by atoms with Gasteiger partial charge in [0.05, 0.1) is 23.1 Å². The van der Waals surface area contributed by atoms with Crippen LogP contribution in [-0.4, -0.2) is 22.9 Å². The van der Waals surface area contributed by atoms with Gasteiger partial charge in [-0.15, -0.1) is 0 Å². The largest absolute Gasteiger partial charge is 0.494 e. The molecule has 0 aliphatic heterocycles. The SMILES string of the molecule is CCOc1ccc2c(c1)c(=O)c(C(=O)c1ccccc1)cn2CC(=O)Nc1cccc(Cl)c1. The summed E-state index contributed by atoms with van der Waals surface area (Å²) < 4.78 is 7.14. The van der Waals surface area contributed by atoms with E-state index < -0.39 is 11.2 Å². The van der Waals surface area contributed by atoms with Crippen molar-refractivity contribution in [2.75, 3.05) is 11.9 Å². The average Bonchev–Trinajstić information content (AvgIpc) is 2.81. The quantitative estimate of drug-likeness (QED) is 0.397. The number of fused-ring (bicyclic) bond motifs is 1. The predicted molar refractivity (Wildman–Crippen MR) is 129 cm³/mol. The van der Waals surface area contributed by atoms with Crippen molar-refractivity contribution in [2.45, 2.75) is 13.5 Å². The molecule has 33 heavy (non-hydrogen) atoms. The number of aromatic nitrogens is 1. The van der Waals surface area contributed by atoms with Crippen LogP contribution in [0.5, 0.6) is 5.75 Å². The molecule has 1 aromatic heterocycles. The highest BCUT2D eigenvalue weighted by Gasteiger charge is 2.19. The van der Waals surface area contributed by atoms with Gasteiger partial charge in [0, 0.05) is 22.5 Å². The van der Waals surface area contributed by atoms with Crippen LogP contribution in [0.15, 0.2) is 83.8 Å². The number of rotatable bonds is 7. The van der Waals surface area contributed by atoms with Crippen LogP contribution in [0.25, 0.3) is 10.9 Å². The van der Waals surface area contributed by atoms with Gasteiger partial charge in [-0.2, -0.15) is 0 Å². The Balaban J connectivity index is 1.78. The molecule has 0 unspecified atom stereocenters. The second-order valence-electron chi connectivity index (χ2n) is 7.37. The minimum atomic E-state index is -0.410. The normalized spacial score (nSPS) is 10.7. The van der Waals surface area contributed by atoms with Crippen LogP contribution in [0.4, 0.5) is 5.69 Å². The average molecular weight is 461 g/mol. The van der Waals surface area contributed by atoms with Crippen LogP contribution < -0.4 is 15.5 Å². The van der Waals surface area contributed by atoms with E-state index in [1.165, 1.54) is 6.20 Å². The number of nitrogens with zero attached hydrogens (tertiary/aromatic N) is 1. The Morgan fingerprint density at radius 2 is 1.79 bits per heavy atom. The molecular formula is C26H21ClN2O4. The van der Waals surface area contributed by atoms with Gasteiger partial charge in [-0.25, -0.2) is 0 Å². The fourth-order valence-electron chi connectivity index (χ4n) is 3.59. The van der Waals surface area contributed by atoms with Crippen LogP contribution in [0, 0.1) is 0 Å². The monoisotopic (exact) mass is 460 g/mol. The van der Waals surface area contributed by atoms with Crippen LogP contribution in [0.2, 0.25) is 5.02 Å². The van der Waals surface area contributed by atoms with Gasteiger partial charge in [0.15, 0.2) is 5.78 Å². The number of benzene rings is 3. The molecule has 0 aliphatic carbocycles. The van der Waals surface area contributed by atoms with Crippen molar-refractivity contribution in [1.29, 1.82) is 0 Å². The Kier molecular flexibility index (Phi) is 6.56. The molecule has 4 rings (SSSR count). The smallest absolute Gasteiger partial charge is 0.244 e. The van der Waals surface area contributed by atoms with Crippen molar-refractivity contribution < 1.29 is 14.3 Å². The van der Waals surface area contributed by atoms with E-state index in [2.05, 4.69) is 5.32 Å². The summed E-state index contributed by atoms with van der Waals surface area (Å²) in [5, 5.41) is 3.60. The number of anilines is 1. The minimum Gasteiger partial charge on any atom is -0.494 e. The molecule has 0 saturated carbocycles. The van der Waals surface area contributed by atoms with Gasteiger partial charge in [0.25, 0.3) is 0 Å². The fraction of sp³-hybridized carbons (Fsp3) is 0.115. The Morgan fingerprint density at radius 1 is 1.00 bits per heavy atom. The standard InChI is InChI=1S/C26H21ClN2O4/c1-2-33-20-11-12-23-21(14-20)26(32)22(25(31)17-7-4-3-5-8-17)15-29(23)16-24(30)28-19-10-6-9-18(27)13-19/h3-15H,2,16H2,1H3,(H,28,30). The second kappa shape index (κ2) is 9.71. The summed E-state index contributed by atoms with van der Waals surface area (Å²) in [6.45, 7) is 2.18. The molecule has 0 radical (unpaired) electrons. The molecule has 166 valence electrons. The van der Waals surface area contributed by atoms with E-state index in [0.29, 0.717) is 39.5 Å². The molecule has 4 aromatic rings. The van der Waals surface area contributed by atoms with E-state index in [1.54, 1.807) is 77.4 Å². The topological polar surface area (TPSA) is 77.4 Å². The number of halogens is 1. The maximum Gasteiger partial charge on any atom is 0.244 e. The summed E-state index contributed by atoms with van der Waals surface area (Å²) in [5.74, 6) is -0.219. The number of carbonyl (C=O) groups excluding carboxylic acids is 2. The van der Waals surface area contributed by atoms with E-state index >= 15 is 0 Å². The van der Waals surface area contributed by atoms with Gasteiger partial charge in [-0.05, 0) is 43.3 Å². The number of hydrogen-bond acceptors (Lipinski definition) is 4. The molecule has 3 aromatic carbocycles. The van der Waals surface area contributed by atoms with Crippen LogP contribution in [-0.2, 0) is 11.3 Å². The molecule has 1 amide bonds. The molecule has 0 aliphatic rings. The zero-order valence-electron chi connectivity index (χ0n) is 17.9. The van der Waals surface area contributed by atoms with Gasteiger partial charge in [0.1, 0.15) is 12.3 Å². The summed E-state index contributed by atoms with van der Waals surface area (Å²) in [6, 6.07) is 20.4. The lowest BCUT2D eigenvalue weighted by molar-refractivity contribution is -0.116. The van der Waals surface area contributed by atoms with Gasteiger partial charge < -0.3 is 14.6 Å². The third kappa shape index (κ3) is 4.96. The maximum atomic E-state index is 13.3. The molecule has 0 bridgehead atoms. The number of ether oxygens (including phenoxy) is 1. The van der Waals surface area contributed by atoms with Crippen LogP contribution in [0.1, 0.15) is 22.8 Å². The highest BCUT2D eigenvalue weighted by molar-refractivity contribution is 6.30. The lowest BCUT2D eigenvalue weighted by atomic mass is 10.0. The van der Waals surface area contributed by atoms with E-state index in [9.17, 15) is 14.4 Å². The summed E-state index contributed by atoms with van der Waals surface area (Å²) in [4.78, 5) is 39.2. The van der Waals surface area contributed by atoms with E-state index in [1.807, 2.05) is 6.92 Å². The predicted octanol–water partition coefficient (Wildman–Crippen LogP) is 4.92. The summed E-state index contributed by atoms with van der Waals surface area (Å²) >= 11 is 6.00. The number of pyridine rings is 1. The molecule has 0 fully saturated rings. The lowest BCUT2D eigenvalue weighted by Crippen LogP contribution is -2.24. The first-order valence-electron chi connectivity index (χ1n) is 10.4. The van der Waals surface area contributed by atoms with Crippen molar-refractivity contribution in [3.63, 3.8) is 0 Å². The van der Waals surface area contributed by atoms with Crippen molar-refractivity contribution in [3.8, 4) is 5.75 Å². The molecule has 1 N–H and O–H groups in total. The fourth-order valence-corrected chi connectivity index (χ4v) is 3.78. The number of nitrogens with one attached hydrogen (secondary N) is 1. The molecule has 0 spiro atoms. The van der Waals surface area contributed by atoms with Crippen LogP contribution in [0.3, 0.4) is 0 Å². The Morgan fingerprint density at radius 3 is 2.52 bits per heavy atom. The first-order valence-corrected chi connectivity index (χ1v) is 10.8. The van der Waals surface area contributed by atoms with E-state index in [4.69, 9.17) is 16.3 Å². The lowest BCUT2D eigenvalue weighted by Gasteiger charge is -2.14. The number of hydrogen-bond donors (Lipinski definition) is 1. The van der Waals surface area contributed by atoms with Crippen molar-refractivity contribution in [3.05, 3.63) is 105 Å². The molecule has 7 heteroatoms. The van der Waals surface area contributed by atoms with Crippen molar-refractivity contribution in [2.24, 2.45) is 0 Å². The summed E-state index contributed by atoms with van der Waals surface area (Å²) in [7, 11) is 0. The van der Waals surface area contributed by atoms with E-state index in [0.717, 1.165) is 0 Å². The zero-order chi connectivity index (χ0) is 23.4. The summed E-state index contributed by atoms with van der Waals surface area (Å²) in [6.07, 6.45) is 1.44.